The van der Waals surface area contributed by atoms with Crippen LogP contribution in [0.4, 0.5) is 13.2 Å². The van der Waals surface area contributed by atoms with E-state index in [1.807, 2.05) is 13.8 Å². The van der Waals surface area contributed by atoms with Gasteiger partial charge in [0.2, 0.25) is 11.8 Å². The van der Waals surface area contributed by atoms with Crippen LogP contribution in [-0.4, -0.2) is 29.1 Å². The zero-order valence-electron chi connectivity index (χ0n) is 13.4. The van der Waals surface area contributed by atoms with E-state index < -0.39 is 35.7 Å². The molecule has 5 nitrogen and oxygen atoms in total. The average molecular weight is 346 g/mol. The maximum atomic E-state index is 12.7. The smallest absolute Gasteiger partial charge is 0.383 e. The van der Waals surface area contributed by atoms with Crippen LogP contribution in [0.5, 0.6) is 0 Å². The highest BCUT2D eigenvalue weighted by molar-refractivity contribution is 5.88. The van der Waals surface area contributed by atoms with E-state index in [1.165, 1.54) is 12.1 Å². The van der Waals surface area contributed by atoms with Crippen molar-refractivity contribution in [1.29, 1.82) is 0 Å². The van der Waals surface area contributed by atoms with Gasteiger partial charge >= 0.3 is 6.18 Å². The number of nitrogens with one attached hydrogen (secondary N) is 1. The summed E-state index contributed by atoms with van der Waals surface area (Å²) < 4.78 is 38.1. The standard InChI is InChI=1S/C16H21F3N2O3/c1-9(2)6-13(22)15(24)21-12(14(20)23)8-10-4-3-5-11(7-10)16(17,18)19/h3-5,7,9,12-13,22H,6,8H2,1-2H3,(H2,20,23)(H,21,24)/t12-,13+/m1/s1. The van der Waals surface area contributed by atoms with Crippen molar-refractivity contribution >= 4 is 11.8 Å². The molecule has 0 radical (unpaired) electrons. The van der Waals surface area contributed by atoms with Crippen molar-refractivity contribution in [3.05, 3.63) is 35.4 Å². The predicted molar refractivity (Wildman–Crippen MR) is 81.7 cm³/mol. The molecule has 8 heteroatoms. The van der Waals surface area contributed by atoms with Gasteiger partial charge in [0.25, 0.3) is 0 Å². The van der Waals surface area contributed by atoms with Crippen molar-refractivity contribution < 1.29 is 27.9 Å². The number of primary amides is 1. The Kier molecular flexibility index (Phi) is 6.77. The first-order chi connectivity index (χ1) is 11.0. The van der Waals surface area contributed by atoms with E-state index in [0.29, 0.717) is 0 Å². The zero-order chi connectivity index (χ0) is 18.5. The van der Waals surface area contributed by atoms with Crippen molar-refractivity contribution in [1.82, 2.24) is 5.32 Å². The van der Waals surface area contributed by atoms with Crippen LogP contribution in [0, 0.1) is 5.92 Å². The first kappa shape index (κ1) is 20.0. The van der Waals surface area contributed by atoms with Crippen LogP contribution in [0.3, 0.4) is 0 Å². The lowest BCUT2D eigenvalue weighted by Crippen LogP contribution is -2.49. The molecule has 0 aliphatic rings. The molecule has 0 unspecified atom stereocenters. The Balaban J connectivity index is 2.84. The highest BCUT2D eigenvalue weighted by atomic mass is 19.4. The molecule has 0 fully saturated rings. The van der Waals surface area contributed by atoms with Gasteiger partial charge in [-0.1, -0.05) is 32.0 Å². The van der Waals surface area contributed by atoms with Crippen molar-refractivity contribution in [3.8, 4) is 0 Å². The molecule has 0 bridgehead atoms. The number of amides is 2. The topological polar surface area (TPSA) is 92.4 Å². The van der Waals surface area contributed by atoms with Gasteiger partial charge in [-0.3, -0.25) is 9.59 Å². The van der Waals surface area contributed by atoms with E-state index in [0.717, 1.165) is 12.1 Å². The molecular weight excluding hydrogens is 325 g/mol. The highest BCUT2D eigenvalue weighted by Gasteiger charge is 2.31. The van der Waals surface area contributed by atoms with Gasteiger partial charge in [0.05, 0.1) is 5.56 Å². The maximum Gasteiger partial charge on any atom is 0.416 e. The maximum absolute atomic E-state index is 12.7. The number of rotatable bonds is 7. The Morgan fingerprint density at radius 1 is 1.29 bits per heavy atom. The molecule has 0 heterocycles. The largest absolute Gasteiger partial charge is 0.416 e. The van der Waals surface area contributed by atoms with Gasteiger partial charge in [-0.15, -0.1) is 0 Å². The fraction of sp³-hybridized carbons (Fsp3) is 0.500. The van der Waals surface area contributed by atoms with Crippen LogP contribution in [0.15, 0.2) is 24.3 Å². The average Bonchev–Trinajstić information content (AvgIpc) is 2.45. The molecule has 4 N–H and O–H groups in total. The van der Waals surface area contributed by atoms with Crippen LogP contribution in [0.2, 0.25) is 0 Å². The number of hydrogen-bond acceptors (Lipinski definition) is 3. The van der Waals surface area contributed by atoms with E-state index in [4.69, 9.17) is 5.73 Å². The summed E-state index contributed by atoms with van der Waals surface area (Å²) in [7, 11) is 0. The molecular formula is C16H21F3N2O3. The van der Waals surface area contributed by atoms with Gasteiger partial charge in [0.1, 0.15) is 12.1 Å². The van der Waals surface area contributed by atoms with Crippen molar-refractivity contribution in [2.45, 2.75) is 45.0 Å². The van der Waals surface area contributed by atoms with Gasteiger partial charge in [0, 0.05) is 6.42 Å². The molecule has 0 aliphatic heterocycles. The van der Waals surface area contributed by atoms with Gasteiger partial charge in [-0.2, -0.15) is 13.2 Å². The number of aliphatic hydroxyl groups is 1. The molecule has 2 atom stereocenters. The second-order valence-corrected chi connectivity index (χ2v) is 6.01. The summed E-state index contributed by atoms with van der Waals surface area (Å²) in [6.07, 6.45) is -5.82. The molecule has 0 saturated carbocycles. The third-order valence-corrected chi connectivity index (χ3v) is 3.35. The summed E-state index contributed by atoms with van der Waals surface area (Å²) >= 11 is 0. The van der Waals surface area contributed by atoms with Gasteiger partial charge in [-0.25, -0.2) is 0 Å². The number of carbonyl (C=O) groups excluding carboxylic acids is 2. The number of hydrogen-bond donors (Lipinski definition) is 3. The molecule has 1 rings (SSSR count). The molecule has 24 heavy (non-hydrogen) atoms. The molecule has 0 aliphatic carbocycles. The minimum Gasteiger partial charge on any atom is -0.383 e. The summed E-state index contributed by atoms with van der Waals surface area (Å²) in [5.41, 5.74) is 4.55. The minimum absolute atomic E-state index is 0.0567. The van der Waals surface area contributed by atoms with Crippen molar-refractivity contribution in [3.63, 3.8) is 0 Å². The first-order valence-electron chi connectivity index (χ1n) is 7.44. The van der Waals surface area contributed by atoms with Gasteiger partial charge in [-0.05, 0) is 24.0 Å². The molecule has 1 aromatic rings. The van der Waals surface area contributed by atoms with Crippen LogP contribution in [-0.2, 0) is 22.2 Å². The van der Waals surface area contributed by atoms with E-state index in [9.17, 15) is 27.9 Å². The summed E-state index contributed by atoms with van der Waals surface area (Å²) in [5, 5.41) is 12.0. The van der Waals surface area contributed by atoms with E-state index in [-0.39, 0.29) is 24.3 Å². The summed E-state index contributed by atoms with van der Waals surface area (Å²) in [4.78, 5) is 23.3. The van der Waals surface area contributed by atoms with Gasteiger partial charge in [0.15, 0.2) is 0 Å². The Hall–Kier alpha value is -2.09. The third-order valence-electron chi connectivity index (χ3n) is 3.35. The number of carbonyl (C=O) groups is 2. The minimum atomic E-state index is -4.51. The Morgan fingerprint density at radius 2 is 1.92 bits per heavy atom. The van der Waals surface area contributed by atoms with Crippen LogP contribution >= 0.6 is 0 Å². The molecule has 134 valence electrons. The SMILES string of the molecule is CC(C)C[C@H](O)C(=O)N[C@H](Cc1cccc(C(F)(F)F)c1)C(N)=O. The molecule has 2 amide bonds. The molecule has 0 aromatic heterocycles. The summed E-state index contributed by atoms with van der Waals surface area (Å²) in [5.74, 6) is -1.61. The lowest BCUT2D eigenvalue weighted by Gasteiger charge is -2.19. The highest BCUT2D eigenvalue weighted by Crippen LogP contribution is 2.29. The lowest BCUT2D eigenvalue weighted by molar-refractivity contribution is -0.137. The van der Waals surface area contributed by atoms with Crippen LogP contribution in [0.1, 0.15) is 31.4 Å². The summed E-state index contributed by atoms with van der Waals surface area (Å²) in [6, 6.07) is 3.22. The first-order valence-corrected chi connectivity index (χ1v) is 7.44. The molecule has 1 aromatic carbocycles. The normalized spacial score (nSPS) is 14.3. The Morgan fingerprint density at radius 3 is 2.42 bits per heavy atom. The van der Waals surface area contributed by atoms with E-state index in [2.05, 4.69) is 5.32 Å². The fourth-order valence-corrected chi connectivity index (χ4v) is 2.15. The van der Waals surface area contributed by atoms with E-state index in [1.54, 1.807) is 0 Å². The number of halogens is 3. The fourth-order valence-electron chi connectivity index (χ4n) is 2.15. The summed E-state index contributed by atoms with van der Waals surface area (Å²) in [6.45, 7) is 3.62. The third kappa shape index (κ3) is 6.19. The molecule has 0 spiro atoms. The van der Waals surface area contributed by atoms with Crippen molar-refractivity contribution in [2.75, 3.05) is 0 Å². The van der Waals surface area contributed by atoms with E-state index >= 15 is 0 Å². The van der Waals surface area contributed by atoms with Crippen LogP contribution < -0.4 is 11.1 Å². The zero-order valence-corrected chi connectivity index (χ0v) is 13.4. The van der Waals surface area contributed by atoms with Crippen molar-refractivity contribution in [2.24, 2.45) is 11.7 Å². The Bertz CT molecular complexity index is 588. The quantitative estimate of drug-likeness (QED) is 0.700. The lowest BCUT2D eigenvalue weighted by atomic mass is 10.0. The number of aliphatic hydroxyl groups excluding tert-OH is 1. The second kappa shape index (κ2) is 8.14. The van der Waals surface area contributed by atoms with Gasteiger partial charge < -0.3 is 16.2 Å². The second-order valence-electron chi connectivity index (χ2n) is 6.01. The number of nitrogens with two attached hydrogens (primary N) is 1. The molecule has 0 saturated heterocycles. The monoisotopic (exact) mass is 346 g/mol. The Labute approximate surface area is 138 Å². The predicted octanol–water partition coefficient (Wildman–Crippen LogP) is 1.62. The number of alkyl halides is 3. The number of benzene rings is 1. The van der Waals surface area contributed by atoms with Crippen LogP contribution in [0.25, 0.3) is 0 Å².